The fraction of sp³-hybridized carbons (Fsp3) is 0.293. The standard InChI is InChI=1S/C41H41N5O6/c1-3-41(48)46-14-6-9-34(47)8-5-13-44-25-33-17-28(2)38(20-39(33)51-26-30-18-29(21-42)23-45-24-30)52-27-32-7-4-10-35(36(32)22-43)31-11-12-37-40(19-31)50-16-15-49-37/h3-4,7,10-12,17-20,23-24,44H,1,5-6,8-9,13-16,25-27H2,2H3,(H,46,48). The van der Waals surface area contributed by atoms with E-state index in [-0.39, 0.29) is 24.9 Å². The van der Waals surface area contributed by atoms with Crippen LogP contribution in [0, 0.1) is 29.6 Å². The van der Waals surface area contributed by atoms with E-state index < -0.39 is 0 Å². The fourth-order valence-electron chi connectivity index (χ4n) is 5.73. The maximum Gasteiger partial charge on any atom is 0.243 e. The summed E-state index contributed by atoms with van der Waals surface area (Å²) in [7, 11) is 0. The molecule has 0 radical (unpaired) electrons. The molecule has 0 spiro atoms. The third-order valence-electron chi connectivity index (χ3n) is 8.42. The van der Waals surface area contributed by atoms with Crippen molar-refractivity contribution in [3.05, 3.63) is 113 Å². The molecule has 266 valence electrons. The number of Topliss-reactive ketones (excluding diaryl/α,β-unsaturated/α-hetero) is 1. The molecule has 0 unspecified atom stereocenters. The molecule has 1 aliphatic heterocycles. The molecule has 2 heterocycles. The largest absolute Gasteiger partial charge is 0.488 e. The average molecular weight is 700 g/mol. The van der Waals surface area contributed by atoms with E-state index >= 15 is 0 Å². The zero-order valence-electron chi connectivity index (χ0n) is 29.2. The van der Waals surface area contributed by atoms with Crippen LogP contribution in [-0.4, -0.2) is 43.0 Å². The lowest BCUT2D eigenvalue weighted by Gasteiger charge is -2.19. The van der Waals surface area contributed by atoms with E-state index in [1.807, 2.05) is 55.5 Å². The maximum absolute atomic E-state index is 12.3. The molecule has 0 saturated heterocycles. The second-order valence-electron chi connectivity index (χ2n) is 12.2. The Kier molecular flexibility index (Phi) is 13.4. The van der Waals surface area contributed by atoms with Gasteiger partial charge in [-0.3, -0.25) is 14.6 Å². The summed E-state index contributed by atoms with van der Waals surface area (Å²) < 4.78 is 24.1. The number of aromatic nitrogens is 1. The minimum absolute atomic E-state index is 0.153. The van der Waals surface area contributed by atoms with Crippen molar-refractivity contribution in [1.29, 1.82) is 10.5 Å². The van der Waals surface area contributed by atoms with Crippen molar-refractivity contribution < 1.29 is 28.5 Å². The lowest BCUT2D eigenvalue weighted by atomic mass is 9.96. The zero-order valence-corrected chi connectivity index (χ0v) is 29.2. The van der Waals surface area contributed by atoms with E-state index in [1.165, 1.54) is 12.3 Å². The highest BCUT2D eigenvalue weighted by atomic mass is 16.6. The van der Waals surface area contributed by atoms with Gasteiger partial charge in [0.15, 0.2) is 11.5 Å². The number of aryl methyl sites for hydroxylation is 1. The van der Waals surface area contributed by atoms with Crippen molar-refractivity contribution in [2.75, 3.05) is 26.3 Å². The molecule has 0 saturated carbocycles. The van der Waals surface area contributed by atoms with Gasteiger partial charge in [-0.05, 0) is 73.3 Å². The molecule has 0 atom stereocenters. The van der Waals surface area contributed by atoms with Gasteiger partial charge in [0.1, 0.15) is 55.8 Å². The highest BCUT2D eigenvalue weighted by Crippen LogP contribution is 2.37. The van der Waals surface area contributed by atoms with E-state index in [0.29, 0.717) is 92.7 Å². The molecule has 1 amide bonds. The molecule has 3 aromatic carbocycles. The van der Waals surface area contributed by atoms with Gasteiger partial charge < -0.3 is 29.6 Å². The predicted octanol–water partition coefficient (Wildman–Crippen LogP) is 6.25. The number of carbonyl (C=O) groups excluding carboxylic acids is 2. The molecule has 5 rings (SSSR count). The number of benzene rings is 3. The number of carbonyl (C=O) groups is 2. The summed E-state index contributed by atoms with van der Waals surface area (Å²) in [4.78, 5) is 27.7. The van der Waals surface area contributed by atoms with Gasteiger partial charge in [-0.1, -0.05) is 30.8 Å². The number of fused-ring (bicyclic) bond motifs is 1. The lowest BCUT2D eigenvalue weighted by molar-refractivity contribution is -0.120. The van der Waals surface area contributed by atoms with Crippen molar-refractivity contribution in [3.8, 4) is 46.3 Å². The molecule has 1 aliphatic rings. The molecule has 0 fully saturated rings. The summed E-state index contributed by atoms with van der Waals surface area (Å²) in [5.41, 5.74) is 5.84. The van der Waals surface area contributed by atoms with Gasteiger partial charge >= 0.3 is 0 Å². The number of amides is 1. The quantitative estimate of drug-likeness (QED) is 0.0899. The summed E-state index contributed by atoms with van der Waals surface area (Å²) in [5, 5.41) is 25.6. The highest BCUT2D eigenvalue weighted by Gasteiger charge is 2.17. The Hall–Kier alpha value is -6.17. The van der Waals surface area contributed by atoms with E-state index in [4.69, 9.17) is 18.9 Å². The SMILES string of the molecule is C=CC(=O)NCCCC(=O)CCCNCc1cc(C)c(OCc2cccc(-c3ccc4c(c3)OCCO4)c2C#N)cc1OCc1cncc(C#N)c1. The molecule has 0 bridgehead atoms. The van der Waals surface area contributed by atoms with Crippen LogP contribution >= 0.6 is 0 Å². The third-order valence-corrected chi connectivity index (χ3v) is 8.42. The minimum Gasteiger partial charge on any atom is -0.488 e. The van der Waals surface area contributed by atoms with E-state index in [1.54, 1.807) is 12.3 Å². The van der Waals surface area contributed by atoms with Gasteiger partial charge in [0.05, 0.1) is 11.1 Å². The Morgan fingerprint density at radius 3 is 2.48 bits per heavy atom. The Labute approximate surface area is 303 Å². The molecule has 1 aromatic heterocycles. The van der Waals surface area contributed by atoms with Crippen LogP contribution in [0.4, 0.5) is 0 Å². The number of ether oxygens (including phenoxy) is 4. The van der Waals surface area contributed by atoms with Crippen LogP contribution < -0.4 is 29.6 Å². The molecule has 4 aromatic rings. The van der Waals surface area contributed by atoms with Crippen LogP contribution in [0.15, 0.2) is 79.6 Å². The van der Waals surface area contributed by atoms with Crippen molar-refractivity contribution in [2.45, 2.75) is 52.4 Å². The fourth-order valence-corrected chi connectivity index (χ4v) is 5.73. The van der Waals surface area contributed by atoms with Crippen LogP contribution in [0.2, 0.25) is 0 Å². The van der Waals surface area contributed by atoms with Gasteiger partial charge in [-0.15, -0.1) is 0 Å². The predicted molar refractivity (Wildman–Crippen MR) is 195 cm³/mol. The van der Waals surface area contributed by atoms with Crippen molar-refractivity contribution in [2.24, 2.45) is 0 Å². The molecule has 52 heavy (non-hydrogen) atoms. The number of hydrogen-bond acceptors (Lipinski definition) is 10. The van der Waals surface area contributed by atoms with Crippen LogP contribution in [0.1, 0.15) is 59.1 Å². The van der Waals surface area contributed by atoms with E-state index in [0.717, 1.165) is 33.4 Å². The summed E-state index contributed by atoms with van der Waals surface area (Å²) >= 11 is 0. The molecular weight excluding hydrogens is 658 g/mol. The van der Waals surface area contributed by atoms with Crippen LogP contribution in [0.25, 0.3) is 11.1 Å². The number of nitrogens with zero attached hydrogens (tertiary/aromatic N) is 3. The second-order valence-corrected chi connectivity index (χ2v) is 12.2. The monoisotopic (exact) mass is 699 g/mol. The first-order valence-electron chi connectivity index (χ1n) is 17.2. The van der Waals surface area contributed by atoms with E-state index in [9.17, 15) is 20.1 Å². The van der Waals surface area contributed by atoms with Crippen molar-refractivity contribution in [3.63, 3.8) is 0 Å². The first-order chi connectivity index (χ1) is 25.4. The first kappa shape index (κ1) is 37.1. The van der Waals surface area contributed by atoms with Gasteiger partial charge in [-0.25, -0.2) is 0 Å². The number of ketones is 1. The van der Waals surface area contributed by atoms with Crippen LogP contribution in [0.5, 0.6) is 23.0 Å². The number of pyridine rings is 1. The number of rotatable bonds is 18. The van der Waals surface area contributed by atoms with Crippen LogP contribution in [0.3, 0.4) is 0 Å². The lowest BCUT2D eigenvalue weighted by Crippen LogP contribution is -2.22. The summed E-state index contributed by atoms with van der Waals surface area (Å²) in [6, 6.07) is 21.4. The Morgan fingerprint density at radius 2 is 1.69 bits per heavy atom. The molecular formula is C41H41N5O6. The average Bonchev–Trinajstić information content (AvgIpc) is 3.18. The number of nitriles is 2. The Balaban J connectivity index is 1.26. The summed E-state index contributed by atoms with van der Waals surface area (Å²) in [5.74, 6) is 2.45. The molecule has 0 aliphatic carbocycles. The second kappa shape index (κ2) is 18.7. The smallest absolute Gasteiger partial charge is 0.243 e. The van der Waals surface area contributed by atoms with Crippen molar-refractivity contribution in [1.82, 2.24) is 15.6 Å². The zero-order chi connectivity index (χ0) is 36.7. The number of hydrogen-bond donors (Lipinski definition) is 2. The first-order valence-corrected chi connectivity index (χ1v) is 17.2. The van der Waals surface area contributed by atoms with Crippen molar-refractivity contribution >= 4 is 11.7 Å². The summed E-state index contributed by atoms with van der Waals surface area (Å²) in [6.07, 6.45) is 6.50. The highest BCUT2D eigenvalue weighted by molar-refractivity contribution is 5.86. The van der Waals surface area contributed by atoms with Gasteiger partial charge in [0, 0.05) is 61.1 Å². The van der Waals surface area contributed by atoms with E-state index in [2.05, 4.69) is 34.3 Å². The molecule has 2 N–H and O–H groups in total. The Bertz CT molecular complexity index is 2000. The minimum atomic E-state index is -0.241. The Morgan fingerprint density at radius 1 is 0.904 bits per heavy atom. The molecule has 11 nitrogen and oxygen atoms in total. The number of nitrogens with one attached hydrogen (secondary N) is 2. The maximum atomic E-state index is 12.3. The van der Waals surface area contributed by atoms with Gasteiger partial charge in [-0.2, -0.15) is 10.5 Å². The topological polar surface area (TPSA) is 156 Å². The molecule has 11 heteroatoms. The van der Waals surface area contributed by atoms with Gasteiger partial charge in [0.25, 0.3) is 0 Å². The van der Waals surface area contributed by atoms with Gasteiger partial charge in [0.2, 0.25) is 5.91 Å². The third kappa shape index (κ3) is 10.2. The van der Waals surface area contributed by atoms with Crippen LogP contribution in [-0.2, 0) is 29.3 Å². The summed E-state index contributed by atoms with van der Waals surface area (Å²) in [6.45, 7) is 8.25. The normalized spacial score (nSPS) is 11.5.